The average molecular weight is 476 g/mol. The maximum absolute atomic E-state index is 11.1. The summed E-state index contributed by atoms with van der Waals surface area (Å²) in [6.45, 7) is 16.7. The molecule has 4 nitrogen and oxygen atoms in total. The molecule has 0 bridgehead atoms. The van der Waals surface area contributed by atoms with Crippen LogP contribution in [0, 0.1) is 11.3 Å². The van der Waals surface area contributed by atoms with Crippen molar-refractivity contribution in [1.29, 1.82) is 0 Å². The van der Waals surface area contributed by atoms with E-state index in [1.165, 1.54) is 42.5 Å². The van der Waals surface area contributed by atoms with Crippen molar-refractivity contribution in [2.75, 3.05) is 18.0 Å². The number of hydrogen-bond acceptors (Lipinski definition) is 3. The number of imidazole rings is 1. The van der Waals surface area contributed by atoms with Crippen LogP contribution in [0.25, 0.3) is 17.1 Å². The van der Waals surface area contributed by atoms with Crippen LogP contribution in [-0.4, -0.2) is 28.9 Å². The number of carbonyl (C=O) groups excluding carboxylic acids is 1. The Morgan fingerprint density at radius 3 is 2.43 bits per heavy atom. The summed E-state index contributed by atoms with van der Waals surface area (Å²) in [4.78, 5) is 18.6. The maximum atomic E-state index is 11.1. The fourth-order valence-corrected chi connectivity index (χ4v) is 5.07. The molecule has 0 aliphatic heterocycles. The topological polar surface area (TPSA) is 38.1 Å². The molecule has 4 heteroatoms. The number of benzene rings is 1. The van der Waals surface area contributed by atoms with Gasteiger partial charge in [-0.05, 0) is 78.5 Å². The van der Waals surface area contributed by atoms with Gasteiger partial charge in [0.15, 0.2) is 0 Å². The number of unbranched alkanes of at least 4 members (excludes halogenated alkanes) is 2. The van der Waals surface area contributed by atoms with Crippen LogP contribution in [0.15, 0.2) is 47.6 Å². The van der Waals surface area contributed by atoms with Gasteiger partial charge in [-0.15, -0.1) is 0 Å². The zero-order valence-corrected chi connectivity index (χ0v) is 22.8. The number of fused-ring (bicyclic) bond motifs is 1. The summed E-state index contributed by atoms with van der Waals surface area (Å²) in [7, 11) is 0. The Balaban J connectivity index is 1.99. The first kappa shape index (κ1) is 27.0. The number of hydrogen-bond donors (Lipinski definition) is 0. The van der Waals surface area contributed by atoms with E-state index in [0.717, 1.165) is 55.7 Å². The minimum absolute atomic E-state index is 0.149. The van der Waals surface area contributed by atoms with Crippen LogP contribution in [0.1, 0.15) is 85.9 Å². The van der Waals surface area contributed by atoms with Gasteiger partial charge in [-0.2, -0.15) is 0 Å². The molecule has 0 radical (unpaired) electrons. The quantitative estimate of drug-likeness (QED) is 0.231. The molecule has 1 heterocycles. The Bertz CT molecular complexity index is 1080. The van der Waals surface area contributed by atoms with Gasteiger partial charge >= 0.3 is 0 Å². The van der Waals surface area contributed by atoms with Crippen molar-refractivity contribution < 1.29 is 4.79 Å². The third-order valence-electron chi connectivity index (χ3n) is 6.70. The first-order chi connectivity index (χ1) is 16.8. The summed E-state index contributed by atoms with van der Waals surface area (Å²) in [6, 6.07) is 6.79. The number of aromatic nitrogens is 2. The zero-order valence-electron chi connectivity index (χ0n) is 22.8. The van der Waals surface area contributed by atoms with Crippen molar-refractivity contribution in [3.05, 3.63) is 53.4 Å². The number of nitrogens with zero attached hydrogens (tertiary/aromatic N) is 3. The van der Waals surface area contributed by atoms with E-state index in [4.69, 9.17) is 4.98 Å². The molecule has 35 heavy (non-hydrogen) atoms. The third kappa shape index (κ3) is 7.43. The summed E-state index contributed by atoms with van der Waals surface area (Å²) < 4.78 is 2.38. The van der Waals surface area contributed by atoms with E-state index >= 15 is 0 Å². The number of allylic oxidation sites excluding steroid dienone is 5. The van der Waals surface area contributed by atoms with Gasteiger partial charge in [0.25, 0.3) is 0 Å². The van der Waals surface area contributed by atoms with Gasteiger partial charge in [0.1, 0.15) is 12.1 Å². The molecule has 1 aromatic heterocycles. The van der Waals surface area contributed by atoms with E-state index in [0.29, 0.717) is 5.92 Å². The standard InChI is InChI=1S/C31H45N3O/c1-7-9-16-33(17-10-8-2)27-12-13-28-29(20-27)34(23-24(3)4)30(32-28)14-11-25-19-26(15-18-35)22-31(5,6)21-25/h11-15,18-20,24H,7-10,16-17,21-23H2,1-6H3/b14-11+,26-15+. The summed E-state index contributed by atoms with van der Waals surface area (Å²) in [5.41, 5.74) is 6.09. The minimum atomic E-state index is 0.149. The molecule has 0 atom stereocenters. The Morgan fingerprint density at radius 2 is 1.80 bits per heavy atom. The Labute approximate surface area is 212 Å². The SMILES string of the molecule is CCCCN(CCCC)c1ccc2nc(/C=C/C3=CC(=C\C=O)/CC(C)(C)C3)n(CC(C)C)c2c1. The van der Waals surface area contributed by atoms with E-state index < -0.39 is 0 Å². The molecular formula is C31H45N3O. The Kier molecular flexibility index (Phi) is 9.54. The van der Waals surface area contributed by atoms with Gasteiger partial charge in [0.05, 0.1) is 11.0 Å². The molecule has 0 saturated heterocycles. The summed E-state index contributed by atoms with van der Waals surface area (Å²) in [5.74, 6) is 1.53. The molecule has 190 valence electrons. The number of carbonyl (C=O) groups is 1. The second kappa shape index (κ2) is 12.4. The van der Waals surface area contributed by atoms with E-state index in [1.807, 2.05) is 0 Å². The summed E-state index contributed by atoms with van der Waals surface area (Å²) in [6.07, 6.45) is 15.9. The van der Waals surface area contributed by atoms with Crippen molar-refractivity contribution in [2.24, 2.45) is 11.3 Å². The van der Waals surface area contributed by atoms with Crippen LogP contribution in [-0.2, 0) is 11.3 Å². The summed E-state index contributed by atoms with van der Waals surface area (Å²) >= 11 is 0. The van der Waals surface area contributed by atoms with Crippen LogP contribution in [0.4, 0.5) is 5.69 Å². The molecule has 0 spiro atoms. The normalized spacial score (nSPS) is 17.0. The average Bonchev–Trinajstić information content (AvgIpc) is 3.13. The van der Waals surface area contributed by atoms with E-state index in [2.05, 4.69) is 87.4 Å². The molecule has 1 aliphatic carbocycles. The molecule has 0 fully saturated rings. The lowest BCUT2D eigenvalue weighted by molar-refractivity contribution is -0.104. The van der Waals surface area contributed by atoms with Crippen molar-refractivity contribution in [3.63, 3.8) is 0 Å². The molecule has 2 aromatic rings. The molecule has 0 unspecified atom stereocenters. The van der Waals surface area contributed by atoms with E-state index in [1.54, 1.807) is 6.08 Å². The first-order valence-corrected chi connectivity index (χ1v) is 13.5. The highest BCUT2D eigenvalue weighted by Crippen LogP contribution is 2.38. The minimum Gasteiger partial charge on any atom is -0.371 e. The second-order valence-corrected chi connectivity index (χ2v) is 11.3. The van der Waals surface area contributed by atoms with Crippen LogP contribution >= 0.6 is 0 Å². The molecule has 0 N–H and O–H groups in total. The van der Waals surface area contributed by atoms with Gasteiger partial charge in [-0.3, -0.25) is 4.79 Å². The van der Waals surface area contributed by atoms with Gasteiger partial charge in [-0.25, -0.2) is 4.98 Å². The highest BCUT2D eigenvalue weighted by atomic mass is 16.1. The molecule has 1 aromatic carbocycles. The second-order valence-electron chi connectivity index (χ2n) is 11.3. The van der Waals surface area contributed by atoms with Crippen LogP contribution in [0.2, 0.25) is 0 Å². The van der Waals surface area contributed by atoms with Crippen molar-refractivity contribution >= 4 is 29.1 Å². The summed E-state index contributed by atoms with van der Waals surface area (Å²) in [5, 5.41) is 0. The van der Waals surface area contributed by atoms with E-state index in [-0.39, 0.29) is 5.41 Å². The van der Waals surface area contributed by atoms with Crippen molar-refractivity contribution in [1.82, 2.24) is 9.55 Å². The van der Waals surface area contributed by atoms with Crippen molar-refractivity contribution in [3.8, 4) is 0 Å². The molecule has 0 saturated carbocycles. The van der Waals surface area contributed by atoms with Crippen LogP contribution < -0.4 is 4.90 Å². The first-order valence-electron chi connectivity index (χ1n) is 13.5. The van der Waals surface area contributed by atoms with Gasteiger partial charge < -0.3 is 9.47 Å². The predicted octanol–water partition coefficient (Wildman–Crippen LogP) is 7.98. The molecule has 0 amide bonds. The van der Waals surface area contributed by atoms with E-state index in [9.17, 15) is 4.79 Å². The highest BCUT2D eigenvalue weighted by Gasteiger charge is 2.24. The number of aldehydes is 1. The Morgan fingerprint density at radius 1 is 1.09 bits per heavy atom. The molecular weight excluding hydrogens is 430 g/mol. The van der Waals surface area contributed by atoms with Crippen molar-refractivity contribution in [2.45, 2.75) is 86.6 Å². The molecule has 1 aliphatic rings. The zero-order chi connectivity index (χ0) is 25.4. The lowest BCUT2D eigenvalue weighted by Gasteiger charge is -2.30. The van der Waals surface area contributed by atoms with Crippen LogP contribution in [0.5, 0.6) is 0 Å². The molecule has 3 rings (SSSR count). The predicted molar refractivity (Wildman–Crippen MR) is 151 cm³/mol. The van der Waals surface area contributed by atoms with Crippen LogP contribution in [0.3, 0.4) is 0 Å². The Hall–Kier alpha value is -2.62. The highest BCUT2D eigenvalue weighted by molar-refractivity contribution is 5.82. The third-order valence-corrected chi connectivity index (χ3v) is 6.70. The largest absolute Gasteiger partial charge is 0.371 e. The lowest BCUT2D eigenvalue weighted by Crippen LogP contribution is -2.25. The lowest BCUT2D eigenvalue weighted by atomic mass is 9.75. The maximum Gasteiger partial charge on any atom is 0.143 e. The van der Waals surface area contributed by atoms with Gasteiger partial charge in [-0.1, -0.05) is 66.5 Å². The fourth-order valence-electron chi connectivity index (χ4n) is 5.07. The number of rotatable bonds is 12. The van der Waals surface area contributed by atoms with Gasteiger partial charge in [0, 0.05) is 25.3 Å². The monoisotopic (exact) mass is 475 g/mol. The number of anilines is 1. The fraction of sp³-hybridized carbons (Fsp3) is 0.548. The van der Waals surface area contributed by atoms with Gasteiger partial charge in [0.2, 0.25) is 0 Å². The smallest absolute Gasteiger partial charge is 0.143 e.